The first kappa shape index (κ1) is 17.3. The number of nitrogen functional groups attached to an aromatic ring is 2. The second-order valence-corrected chi connectivity index (χ2v) is 6.42. The lowest BCUT2D eigenvalue weighted by atomic mass is 10.1. The molecule has 0 aromatic carbocycles. The summed E-state index contributed by atoms with van der Waals surface area (Å²) in [4.78, 5) is 10.6. The summed E-state index contributed by atoms with van der Waals surface area (Å²) in [5.41, 5.74) is 13.7. The standard InChI is InChI=1S/C17H23N9O/c1-2-24-10-13(7-21-24)26(17-20-9-15(18)16(19)23-17)14-8-22-25(11-14)12-3-5-27-6-4-12/h7-12H,2-6,18H2,1H3,(H2,19,20,23). The molecule has 3 aromatic heterocycles. The zero-order valence-corrected chi connectivity index (χ0v) is 15.2. The third-order valence-electron chi connectivity index (χ3n) is 4.65. The van der Waals surface area contributed by atoms with Crippen molar-refractivity contribution in [3.63, 3.8) is 0 Å². The van der Waals surface area contributed by atoms with Gasteiger partial charge in [0.1, 0.15) is 0 Å². The number of anilines is 5. The molecular formula is C17H23N9O. The van der Waals surface area contributed by atoms with Crippen LogP contribution in [-0.2, 0) is 11.3 Å². The van der Waals surface area contributed by atoms with Gasteiger partial charge in [-0.05, 0) is 19.8 Å². The highest BCUT2D eigenvalue weighted by Crippen LogP contribution is 2.33. The fourth-order valence-electron chi connectivity index (χ4n) is 3.12. The topological polar surface area (TPSA) is 126 Å². The maximum atomic E-state index is 5.91. The Morgan fingerprint density at radius 1 is 1.11 bits per heavy atom. The summed E-state index contributed by atoms with van der Waals surface area (Å²) in [5.74, 6) is 0.661. The van der Waals surface area contributed by atoms with Crippen LogP contribution in [0.2, 0.25) is 0 Å². The maximum absolute atomic E-state index is 5.91. The van der Waals surface area contributed by atoms with Crippen LogP contribution in [-0.4, -0.2) is 42.7 Å². The number of hydrogen-bond acceptors (Lipinski definition) is 8. The minimum absolute atomic E-state index is 0.240. The quantitative estimate of drug-likeness (QED) is 0.698. The molecule has 4 rings (SSSR count). The highest BCUT2D eigenvalue weighted by molar-refractivity contribution is 5.72. The highest BCUT2D eigenvalue weighted by atomic mass is 16.5. The van der Waals surface area contributed by atoms with E-state index in [4.69, 9.17) is 16.2 Å². The highest BCUT2D eigenvalue weighted by Gasteiger charge is 2.22. The van der Waals surface area contributed by atoms with Crippen LogP contribution in [0.25, 0.3) is 0 Å². The van der Waals surface area contributed by atoms with E-state index in [2.05, 4.69) is 20.2 Å². The van der Waals surface area contributed by atoms with Crippen molar-refractivity contribution >= 4 is 28.8 Å². The number of rotatable bonds is 5. The Morgan fingerprint density at radius 3 is 2.56 bits per heavy atom. The van der Waals surface area contributed by atoms with Gasteiger partial charge in [-0.15, -0.1) is 0 Å². The molecule has 0 bridgehead atoms. The minimum Gasteiger partial charge on any atom is -0.394 e. The third-order valence-corrected chi connectivity index (χ3v) is 4.65. The summed E-state index contributed by atoms with van der Waals surface area (Å²) < 4.78 is 9.27. The lowest BCUT2D eigenvalue weighted by molar-refractivity contribution is 0.0662. The van der Waals surface area contributed by atoms with Crippen molar-refractivity contribution in [2.75, 3.05) is 29.6 Å². The van der Waals surface area contributed by atoms with Crippen molar-refractivity contribution in [3.05, 3.63) is 31.0 Å². The SMILES string of the molecule is CCn1cc(N(c2cnn(C3CCOCC3)c2)c2ncc(N)c(N)n2)cn1. The summed E-state index contributed by atoms with van der Waals surface area (Å²) in [5, 5.41) is 8.92. The molecule has 142 valence electrons. The van der Waals surface area contributed by atoms with Gasteiger partial charge in [-0.25, -0.2) is 4.98 Å². The van der Waals surface area contributed by atoms with E-state index in [1.54, 1.807) is 12.4 Å². The largest absolute Gasteiger partial charge is 0.394 e. The molecule has 10 heteroatoms. The zero-order chi connectivity index (χ0) is 18.8. The van der Waals surface area contributed by atoms with E-state index in [9.17, 15) is 0 Å². The Balaban J connectivity index is 1.73. The van der Waals surface area contributed by atoms with Crippen LogP contribution >= 0.6 is 0 Å². The smallest absolute Gasteiger partial charge is 0.236 e. The fraction of sp³-hybridized carbons (Fsp3) is 0.412. The summed E-state index contributed by atoms with van der Waals surface area (Å²) >= 11 is 0. The predicted molar refractivity (Wildman–Crippen MR) is 102 cm³/mol. The normalized spacial score (nSPS) is 15.1. The van der Waals surface area contributed by atoms with E-state index >= 15 is 0 Å². The molecule has 3 aromatic rings. The third kappa shape index (κ3) is 3.43. The molecule has 1 saturated heterocycles. The van der Waals surface area contributed by atoms with Crippen molar-refractivity contribution in [1.29, 1.82) is 0 Å². The average Bonchev–Trinajstić information content (AvgIpc) is 3.36. The maximum Gasteiger partial charge on any atom is 0.236 e. The summed E-state index contributed by atoms with van der Waals surface area (Å²) in [6.45, 7) is 4.30. The molecule has 10 nitrogen and oxygen atoms in total. The van der Waals surface area contributed by atoms with Crippen LogP contribution in [0.1, 0.15) is 25.8 Å². The van der Waals surface area contributed by atoms with Gasteiger partial charge in [-0.3, -0.25) is 14.3 Å². The Hall–Kier alpha value is -3.14. The van der Waals surface area contributed by atoms with Gasteiger partial charge < -0.3 is 16.2 Å². The van der Waals surface area contributed by atoms with Gasteiger partial charge in [0.2, 0.25) is 5.95 Å². The van der Waals surface area contributed by atoms with Crippen LogP contribution in [0, 0.1) is 0 Å². The first-order valence-corrected chi connectivity index (χ1v) is 8.98. The van der Waals surface area contributed by atoms with Gasteiger partial charge in [0, 0.05) is 32.2 Å². The molecule has 1 aliphatic rings. The molecule has 1 fully saturated rings. The van der Waals surface area contributed by atoms with Crippen molar-refractivity contribution in [2.45, 2.75) is 32.4 Å². The number of nitrogens with zero attached hydrogens (tertiary/aromatic N) is 7. The molecule has 1 aliphatic heterocycles. The minimum atomic E-state index is 0.240. The fourth-order valence-corrected chi connectivity index (χ4v) is 3.12. The first-order valence-electron chi connectivity index (χ1n) is 8.98. The number of aromatic nitrogens is 6. The van der Waals surface area contributed by atoms with Crippen LogP contribution in [0.5, 0.6) is 0 Å². The molecule has 4 N–H and O–H groups in total. The van der Waals surface area contributed by atoms with E-state index in [1.165, 1.54) is 6.20 Å². The van der Waals surface area contributed by atoms with Crippen LogP contribution in [0.15, 0.2) is 31.0 Å². The van der Waals surface area contributed by atoms with Gasteiger partial charge in [-0.1, -0.05) is 0 Å². The van der Waals surface area contributed by atoms with Gasteiger partial charge in [0.15, 0.2) is 5.82 Å². The number of ether oxygens (including phenoxy) is 1. The van der Waals surface area contributed by atoms with Gasteiger partial charge in [0.25, 0.3) is 0 Å². The van der Waals surface area contributed by atoms with E-state index < -0.39 is 0 Å². The second kappa shape index (κ2) is 7.23. The summed E-state index contributed by atoms with van der Waals surface area (Å²) in [6, 6.07) is 0.324. The molecule has 0 amide bonds. The molecule has 4 heterocycles. The molecule has 0 unspecified atom stereocenters. The Morgan fingerprint density at radius 2 is 1.85 bits per heavy atom. The van der Waals surface area contributed by atoms with Gasteiger partial charge >= 0.3 is 0 Å². The van der Waals surface area contributed by atoms with Crippen molar-refractivity contribution < 1.29 is 4.74 Å². The Bertz CT molecular complexity index is 913. The summed E-state index contributed by atoms with van der Waals surface area (Å²) in [7, 11) is 0. The van der Waals surface area contributed by atoms with Crippen molar-refractivity contribution in [3.8, 4) is 0 Å². The molecule has 0 radical (unpaired) electrons. The molecule has 0 atom stereocenters. The average molecular weight is 369 g/mol. The Labute approximate surface area is 156 Å². The van der Waals surface area contributed by atoms with Crippen LogP contribution in [0.3, 0.4) is 0 Å². The number of aryl methyl sites for hydroxylation is 1. The second-order valence-electron chi connectivity index (χ2n) is 6.42. The summed E-state index contributed by atoms with van der Waals surface area (Å²) in [6.07, 6.45) is 10.9. The Kier molecular flexibility index (Phi) is 4.63. The molecule has 0 saturated carbocycles. The van der Waals surface area contributed by atoms with Gasteiger partial charge in [0.05, 0.1) is 41.7 Å². The zero-order valence-electron chi connectivity index (χ0n) is 15.2. The van der Waals surface area contributed by atoms with Gasteiger partial charge in [-0.2, -0.15) is 15.2 Å². The van der Waals surface area contributed by atoms with Crippen LogP contribution < -0.4 is 16.4 Å². The predicted octanol–water partition coefficient (Wildman–Crippen LogP) is 1.88. The lowest BCUT2D eigenvalue weighted by Crippen LogP contribution is -2.20. The van der Waals surface area contributed by atoms with E-state index in [0.29, 0.717) is 17.7 Å². The monoisotopic (exact) mass is 369 g/mol. The number of hydrogen-bond donors (Lipinski definition) is 2. The van der Waals surface area contributed by atoms with E-state index in [-0.39, 0.29) is 5.82 Å². The van der Waals surface area contributed by atoms with E-state index in [1.807, 2.05) is 33.6 Å². The first-order chi connectivity index (χ1) is 13.2. The number of nitrogens with two attached hydrogens (primary N) is 2. The molecule has 0 spiro atoms. The lowest BCUT2D eigenvalue weighted by Gasteiger charge is -2.23. The van der Waals surface area contributed by atoms with Crippen molar-refractivity contribution in [1.82, 2.24) is 29.5 Å². The molecular weight excluding hydrogens is 346 g/mol. The molecule has 0 aliphatic carbocycles. The van der Waals surface area contributed by atoms with E-state index in [0.717, 1.165) is 44.0 Å². The van der Waals surface area contributed by atoms with Crippen molar-refractivity contribution in [2.24, 2.45) is 0 Å². The molecule has 27 heavy (non-hydrogen) atoms. The van der Waals surface area contributed by atoms with Crippen LogP contribution in [0.4, 0.5) is 28.8 Å².